The SMILES string of the molecule is COC=Cc1cc(-c2ccco2)n(C)n1. The molecule has 0 fully saturated rings. The van der Waals surface area contributed by atoms with Crippen molar-refractivity contribution in [3.63, 3.8) is 0 Å². The Labute approximate surface area is 87.8 Å². The summed E-state index contributed by atoms with van der Waals surface area (Å²) in [5.74, 6) is 0.807. The molecule has 0 N–H and O–H groups in total. The van der Waals surface area contributed by atoms with Crippen molar-refractivity contribution in [1.82, 2.24) is 9.78 Å². The van der Waals surface area contributed by atoms with Crippen LogP contribution in [0.15, 0.2) is 35.1 Å². The zero-order valence-corrected chi connectivity index (χ0v) is 8.68. The van der Waals surface area contributed by atoms with Crippen molar-refractivity contribution in [3.05, 3.63) is 36.4 Å². The van der Waals surface area contributed by atoms with Gasteiger partial charge in [0.05, 0.1) is 25.3 Å². The summed E-state index contributed by atoms with van der Waals surface area (Å²) >= 11 is 0. The molecule has 2 aromatic heterocycles. The molecule has 0 aliphatic carbocycles. The third-order valence-electron chi connectivity index (χ3n) is 2.05. The molecule has 0 bridgehead atoms. The Bertz CT molecular complexity index is 455. The fraction of sp³-hybridized carbons (Fsp3) is 0.182. The largest absolute Gasteiger partial charge is 0.504 e. The van der Waals surface area contributed by atoms with Crippen LogP contribution in [-0.2, 0) is 11.8 Å². The van der Waals surface area contributed by atoms with Gasteiger partial charge in [0.1, 0.15) is 5.69 Å². The molecule has 4 heteroatoms. The standard InChI is InChI=1S/C11H12N2O2/c1-13-10(11-4-3-6-15-11)8-9(12-13)5-7-14-2/h3-8H,1-2H3. The Kier molecular flexibility index (Phi) is 2.58. The first-order valence-corrected chi connectivity index (χ1v) is 4.58. The number of hydrogen-bond donors (Lipinski definition) is 0. The summed E-state index contributed by atoms with van der Waals surface area (Å²) in [7, 11) is 3.48. The van der Waals surface area contributed by atoms with E-state index in [0.29, 0.717) is 0 Å². The second kappa shape index (κ2) is 4.04. The van der Waals surface area contributed by atoms with Crippen molar-refractivity contribution in [2.24, 2.45) is 7.05 Å². The zero-order valence-electron chi connectivity index (χ0n) is 8.68. The fourth-order valence-corrected chi connectivity index (χ4v) is 1.36. The molecule has 0 aliphatic rings. The lowest BCUT2D eigenvalue weighted by molar-refractivity contribution is 0.341. The molecule has 2 rings (SSSR count). The van der Waals surface area contributed by atoms with Gasteiger partial charge in [0.15, 0.2) is 5.76 Å². The lowest BCUT2D eigenvalue weighted by atomic mass is 10.3. The zero-order chi connectivity index (χ0) is 10.7. The lowest BCUT2D eigenvalue weighted by Crippen LogP contribution is -1.92. The van der Waals surface area contributed by atoms with Crippen LogP contribution in [0.5, 0.6) is 0 Å². The highest BCUT2D eigenvalue weighted by Gasteiger charge is 2.07. The molecule has 0 atom stereocenters. The van der Waals surface area contributed by atoms with Crippen LogP contribution >= 0.6 is 0 Å². The van der Waals surface area contributed by atoms with E-state index in [1.807, 2.05) is 25.2 Å². The molecule has 2 aromatic rings. The third kappa shape index (κ3) is 1.93. The minimum atomic E-state index is 0.807. The van der Waals surface area contributed by atoms with Gasteiger partial charge in [0, 0.05) is 13.1 Å². The molecule has 0 aromatic carbocycles. The second-order valence-electron chi connectivity index (χ2n) is 3.09. The Morgan fingerprint density at radius 3 is 3.07 bits per heavy atom. The van der Waals surface area contributed by atoms with Gasteiger partial charge in [-0.3, -0.25) is 4.68 Å². The molecule has 2 heterocycles. The molecule has 0 spiro atoms. The number of aryl methyl sites for hydroxylation is 1. The van der Waals surface area contributed by atoms with E-state index in [-0.39, 0.29) is 0 Å². The molecule has 78 valence electrons. The van der Waals surface area contributed by atoms with Crippen molar-refractivity contribution in [3.8, 4) is 11.5 Å². The molecule has 15 heavy (non-hydrogen) atoms. The number of hydrogen-bond acceptors (Lipinski definition) is 3. The Morgan fingerprint density at radius 2 is 2.40 bits per heavy atom. The van der Waals surface area contributed by atoms with Crippen molar-refractivity contribution in [2.75, 3.05) is 7.11 Å². The van der Waals surface area contributed by atoms with Gasteiger partial charge in [-0.1, -0.05) is 0 Å². The van der Waals surface area contributed by atoms with Crippen molar-refractivity contribution in [2.45, 2.75) is 0 Å². The first-order chi connectivity index (χ1) is 7.31. The average Bonchev–Trinajstić information content (AvgIpc) is 2.83. The summed E-state index contributed by atoms with van der Waals surface area (Å²) in [6, 6.07) is 5.70. The van der Waals surface area contributed by atoms with Crippen LogP contribution < -0.4 is 0 Å². The van der Waals surface area contributed by atoms with Gasteiger partial charge in [-0.2, -0.15) is 5.10 Å². The Balaban J connectivity index is 2.34. The van der Waals surface area contributed by atoms with E-state index in [0.717, 1.165) is 17.1 Å². The number of nitrogens with zero attached hydrogens (tertiary/aromatic N) is 2. The highest BCUT2D eigenvalue weighted by atomic mass is 16.5. The third-order valence-corrected chi connectivity index (χ3v) is 2.05. The molecule has 0 unspecified atom stereocenters. The summed E-state index contributed by atoms with van der Waals surface area (Å²) < 4.78 is 11.9. The summed E-state index contributed by atoms with van der Waals surface area (Å²) in [4.78, 5) is 0. The molecule has 0 amide bonds. The minimum Gasteiger partial charge on any atom is -0.504 e. The van der Waals surface area contributed by atoms with Crippen molar-refractivity contribution in [1.29, 1.82) is 0 Å². The molecular weight excluding hydrogens is 192 g/mol. The number of aromatic nitrogens is 2. The Morgan fingerprint density at radius 1 is 1.53 bits per heavy atom. The highest BCUT2D eigenvalue weighted by molar-refractivity contribution is 5.57. The van der Waals surface area contributed by atoms with Crippen molar-refractivity contribution < 1.29 is 9.15 Å². The maximum Gasteiger partial charge on any atom is 0.151 e. The van der Waals surface area contributed by atoms with E-state index in [1.165, 1.54) is 0 Å². The quantitative estimate of drug-likeness (QED) is 0.720. The van der Waals surface area contributed by atoms with E-state index >= 15 is 0 Å². The second-order valence-corrected chi connectivity index (χ2v) is 3.09. The molecule has 4 nitrogen and oxygen atoms in total. The van der Waals surface area contributed by atoms with E-state index in [2.05, 4.69) is 5.10 Å². The molecule has 0 saturated heterocycles. The van der Waals surface area contributed by atoms with Crippen LogP contribution in [0.1, 0.15) is 5.69 Å². The number of rotatable bonds is 3. The van der Waals surface area contributed by atoms with E-state index < -0.39 is 0 Å². The van der Waals surface area contributed by atoms with Gasteiger partial charge >= 0.3 is 0 Å². The summed E-state index contributed by atoms with van der Waals surface area (Å²) in [5.41, 5.74) is 1.78. The normalized spacial score (nSPS) is 11.1. The van der Waals surface area contributed by atoms with Crippen LogP contribution in [0, 0.1) is 0 Å². The first kappa shape index (κ1) is 9.58. The highest BCUT2D eigenvalue weighted by Crippen LogP contribution is 2.20. The first-order valence-electron chi connectivity index (χ1n) is 4.58. The van der Waals surface area contributed by atoms with Crippen LogP contribution in [0.3, 0.4) is 0 Å². The van der Waals surface area contributed by atoms with E-state index in [9.17, 15) is 0 Å². The van der Waals surface area contributed by atoms with Gasteiger partial charge in [0.25, 0.3) is 0 Å². The molecule has 0 aliphatic heterocycles. The van der Waals surface area contributed by atoms with Gasteiger partial charge in [-0.25, -0.2) is 0 Å². The number of methoxy groups -OCH3 is 1. The number of furan rings is 1. The van der Waals surface area contributed by atoms with Gasteiger partial charge in [0.2, 0.25) is 0 Å². The topological polar surface area (TPSA) is 40.2 Å². The maximum atomic E-state index is 5.30. The van der Waals surface area contributed by atoms with Crippen LogP contribution in [0.25, 0.3) is 17.5 Å². The predicted molar refractivity (Wildman–Crippen MR) is 57.0 cm³/mol. The Hall–Kier alpha value is -1.97. The predicted octanol–water partition coefficient (Wildman–Crippen LogP) is 2.30. The van der Waals surface area contributed by atoms with Crippen LogP contribution in [0.2, 0.25) is 0 Å². The summed E-state index contributed by atoms with van der Waals surface area (Å²) in [6.45, 7) is 0. The molecule has 0 saturated carbocycles. The van der Waals surface area contributed by atoms with Crippen molar-refractivity contribution >= 4 is 6.08 Å². The molecular formula is C11H12N2O2. The van der Waals surface area contributed by atoms with Gasteiger partial charge in [-0.05, 0) is 18.2 Å². The van der Waals surface area contributed by atoms with Gasteiger partial charge in [-0.15, -0.1) is 0 Å². The van der Waals surface area contributed by atoms with Gasteiger partial charge < -0.3 is 9.15 Å². The maximum absolute atomic E-state index is 5.30. The summed E-state index contributed by atoms with van der Waals surface area (Å²) in [6.07, 6.45) is 5.04. The van der Waals surface area contributed by atoms with E-state index in [4.69, 9.17) is 9.15 Å². The fourth-order valence-electron chi connectivity index (χ4n) is 1.36. The monoisotopic (exact) mass is 204 g/mol. The summed E-state index contributed by atoms with van der Waals surface area (Å²) in [5, 5.41) is 4.29. The van der Waals surface area contributed by atoms with Crippen LogP contribution in [-0.4, -0.2) is 16.9 Å². The minimum absolute atomic E-state index is 0.807. The van der Waals surface area contributed by atoms with E-state index in [1.54, 1.807) is 30.4 Å². The average molecular weight is 204 g/mol. The number of ether oxygens (including phenoxy) is 1. The van der Waals surface area contributed by atoms with Crippen LogP contribution in [0.4, 0.5) is 0 Å². The lowest BCUT2D eigenvalue weighted by Gasteiger charge is -1.94. The smallest absolute Gasteiger partial charge is 0.151 e. The molecule has 0 radical (unpaired) electrons.